The maximum absolute atomic E-state index is 5.54. The Labute approximate surface area is 186 Å². The van der Waals surface area contributed by atoms with Crippen molar-refractivity contribution in [3.8, 4) is 11.5 Å². The summed E-state index contributed by atoms with van der Waals surface area (Å²) in [4.78, 5) is 11.8. The van der Waals surface area contributed by atoms with Gasteiger partial charge in [-0.05, 0) is 23.6 Å². The van der Waals surface area contributed by atoms with Gasteiger partial charge in [0.25, 0.3) is 0 Å². The van der Waals surface area contributed by atoms with Crippen molar-refractivity contribution in [2.75, 3.05) is 37.5 Å². The molecule has 3 heterocycles. The number of anilines is 2. The number of aromatic amines is 1. The van der Waals surface area contributed by atoms with Crippen LogP contribution in [0.1, 0.15) is 16.8 Å². The maximum atomic E-state index is 5.54. The van der Waals surface area contributed by atoms with Crippen LogP contribution in [0.3, 0.4) is 0 Å². The molecule has 1 aliphatic rings. The van der Waals surface area contributed by atoms with Crippen LogP contribution >= 0.6 is 0 Å². The van der Waals surface area contributed by atoms with Crippen LogP contribution in [0.4, 0.5) is 11.8 Å². The van der Waals surface area contributed by atoms with Crippen LogP contribution < -0.4 is 19.7 Å². The maximum Gasteiger partial charge on any atom is 0.226 e. The van der Waals surface area contributed by atoms with Gasteiger partial charge in [-0.3, -0.25) is 5.10 Å². The number of hydrogen-bond acceptors (Lipinski definition) is 7. The van der Waals surface area contributed by atoms with Crippen LogP contribution in [0.15, 0.2) is 48.5 Å². The molecule has 4 aromatic rings. The number of H-pyrrole nitrogens is 1. The molecule has 0 amide bonds. The summed E-state index contributed by atoms with van der Waals surface area (Å²) < 4.78 is 10.9. The zero-order valence-corrected chi connectivity index (χ0v) is 18.3. The van der Waals surface area contributed by atoms with Crippen molar-refractivity contribution in [3.05, 3.63) is 65.4 Å². The molecule has 8 nitrogen and oxygen atoms in total. The monoisotopic (exact) mass is 430 g/mol. The first-order valence-corrected chi connectivity index (χ1v) is 10.7. The zero-order chi connectivity index (χ0) is 21.9. The standard InChI is InChI=1S/C24H26N6O2/c1-31-19-10-6-9-17(21(19)32-2)11-13-25-24-26-22-20-18(28-29-22)12-14-30(23(20)27-24)15-16-7-4-3-5-8-16/h3-10H,11-15H2,1-2H3,(H2,25,26,27,28,29). The quantitative estimate of drug-likeness (QED) is 0.442. The van der Waals surface area contributed by atoms with Crippen molar-refractivity contribution < 1.29 is 9.47 Å². The second kappa shape index (κ2) is 8.74. The summed E-state index contributed by atoms with van der Waals surface area (Å²) in [6, 6.07) is 16.4. The van der Waals surface area contributed by atoms with E-state index in [2.05, 4.69) is 49.7 Å². The highest BCUT2D eigenvalue weighted by atomic mass is 16.5. The van der Waals surface area contributed by atoms with Gasteiger partial charge in [-0.2, -0.15) is 15.1 Å². The van der Waals surface area contributed by atoms with Crippen molar-refractivity contribution in [2.45, 2.75) is 19.4 Å². The fraction of sp³-hybridized carbons (Fsp3) is 0.292. The van der Waals surface area contributed by atoms with E-state index in [9.17, 15) is 0 Å². The van der Waals surface area contributed by atoms with Crippen LogP contribution in [0.2, 0.25) is 0 Å². The summed E-state index contributed by atoms with van der Waals surface area (Å²) in [5.74, 6) is 3.00. The van der Waals surface area contributed by atoms with E-state index in [1.807, 2.05) is 24.3 Å². The molecule has 0 atom stereocenters. The average molecular weight is 431 g/mol. The minimum atomic E-state index is 0.588. The van der Waals surface area contributed by atoms with Gasteiger partial charge >= 0.3 is 0 Å². The summed E-state index contributed by atoms with van der Waals surface area (Å²) >= 11 is 0. The van der Waals surface area contributed by atoms with Crippen molar-refractivity contribution in [3.63, 3.8) is 0 Å². The highest BCUT2D eigenvalue weighted by molar-refractivity contribution is 5.91. The molecule has 5 rings (SSSR count). The topological polar surface area (TPSA) is 88.2 Å². The molecule has 0 saturated carbocycles. The highest BCUT2D eigenvalue weighted by Crippen LogP contribution is 2.33. The van der Waals surface area contributed by atoms with Crippen LogP contribution in [0.25, 0.3) is 11.0 Å². The lowest BCUT2D eigenvalue weighted by molar-refractivity contribution is 0.352. The molecule has 0 aliphatic carbocycles. The third-order valence-corrected chi connectivity index (χ3v) is 5.77. The van der Waals surface area contributed by atoms with Crippen molar-refractivity contribution in [2.24, 2.45) is 0 Å². The van der Waals surface area contributed by atoms with E-state index in [1.165, 1.54) is 5.56 Å². The summed E-state index contributed by atoms with van der Waals surface area (Å²) in [6.45, 7) is 2.34. The van der Waals surface area contributed by atoms with Gasteiger partial charge in [0.2, 0.25) is 5.95 Å². The fourth-order valence-electron chi connectivity index (χ4n) is 4.22. The number of benzene rings is 2. The fourth-order valence-corrected chi connectivity index (χ4v) is 4.22. The Balaban J connectivity index is 1.37. The Morgan fingerprint density at radius 1 is 1.03 bits per heavy atom. The Morgan fingerprint density at radius 3 is 2.72 bits per heavy atom. The molecule has 0 fully saturated rings. The van der Waals surface area contributed by atoms with Gasteiger partial charge < -0.3 is 19.7 Å². The molecule has 1 aliphatic heterocycles. The Morgan fingerprint density at radius 2 is 1.91 bits per heavy atom. The average Bonchev–Trinajstić information content (AvgIpc) is 3.25. The van der Waals surface area contributed by atoms with E-state index in [4.69, 9.17) is 14.5 Å². The smallest absolute Gasteiger partial charge is 0.226 e. The van der Waals surface area contributed by atoms with Gasteiger partial charge in [0.1, 0.15) is 5.82 Å². The molecule has 2 aromatic heterocycles. The number of aromatic nitrogens is 4. The molecule has 0 spiro atoms. The SMILES string of the molecule is COc1cccc(CCNc2nc3c4c(n[nH]c4n2)CCN3Cc2ccccc2)c1OC. The molecule has 2 N–H and O–H groups in total. The van der Waals surface area contributed by atoms with E-state index < -0.39 is 0 Å². The summed E-state index contributed by atoms with van der Waals surface area (Å²) in [7, 11) is 3.31. The van der Waals surface area contributed by atoms with Crippen LogP contribution in [0, 0.1) is 0 Å². The van der Waals surface area contributed by atoms with Gasteiger partial charge in [0.05, 0.1) is 25.3 Å². The first-order valence-electron chi connectivity index (χ1n) is 10.7. The minimum absolute atomic E-state index is 0.588. The third-order valence-electron chi connectivity index (χ3n) is 5.77. The molecule has 2 aromatic carbocycles. The van der Waals surface area contributed by atoms with Crippen LogP contribution in [-0.2, 0) is 19.4 Å². The third kappa shape index (κ3) is 3.79. The summed E-state index contributed by atoms with van der Waals surface area (Å²) in [5, 5.41) is 11.9. The zero-order valence-electron chi connectivity index (χ0n) is 18.3. The predicted octanol–water partition coefficient (Wildman–Crippen LogP) is 3.59. The number of nitrogens with one attached hydrogen (secondary N) is 2. The van der Waals surface area contributed by atoms with Crippen molar-refractivity contribution in [1.82, 2.24) is 20.2 Å². The van der Waals surface area contributed by atoms with Gasteiger partial charge in [-0.25, -0.2) is 0 Å². The molecule has 0 bridgehead atoms. The Hall–Kier alpha value is -3.81. The van der Waals surface area contributed by atoms with Crippen LogP contribution in [-0.4, -0.2) is 47.5 Å². The lowest BCUT2D eigenvalue weighted by Gasteiger charge is -2.28. The van der Waals surface area contributed by atoms with Gasteiger partial charge in [-0.15, -0.1) is 0 Å². The number of nitrogens with zero attached hydrogens (tertiary/aromatic N) is 4. The lowest BCUT2D eigenvalue weighted by Crippen LogP contribution is -2.29. The number of para-hydroxylation sites is 1. The van der Waals surface area contributed by atoms with E-state index in [0.29, 0.717) is 12.5 Å². The lowest BCUT2D eigenvalue weighted by atomic mass is 10.1. The second-order valence-electron chi connectivity index (χ2n) is 7.75. The largest absolute Gasteiger partial charge is 0.493 e. The van der Waals surface area contributed by atoms with E-state index in [1.54, 1.807) is 14.2 Å². The summed E-state index contributed by atoms with van der Waals surface area (Å²) in [5.41, 5.74) is 4.12. The van der Waals surface area contributed by atoms with Gasteiger partial charge in [-0.1, -0.05) is 42.5 Å². The van der Waals surface area contributed by atoms with E-state index in [0.717, 1.165) is 65.5 Å². The normalized spacial score (nSPS) is 12.8. The van der Waals surface area contributed by atoms with Crippen molar-refractivity contribution in [1.29, 1.82) is 0 Å². The number of hydrogen-bond donors (Lipinski definition) is 2. The van der Waals surface area contributed by atoms with Gasteiger partial charge in [0, 0.05) is 26.1 Å². The number of rotatable bonds is 8. The van der Waals surface area contributed by atoms with Crippen LogP contribution in [0.5, 0.6) is 11.5 Å². The van der Waals surface area contributed by atoms with Crippen molar-refractivity contribution >= 4 is 22.8 Å². The molecule has 0 saturated heterocycles. The molecule has 8 heteroatoms. The predicted molar refractivity (Wildman–Crippen MR) is 125 cm³/mol. The molecule has 32 heavy (non-hydrogen) atoms. The first kappa shape index (κ1) is 20.1. The molecule has 0 radical (unpaired) electrons. The molecule has 164 valence electrons. The second-order valence-corrected chi connectivity index (χ2v) is 7.75. The number of ether oxygens (including phenoxy) is 2. The number of methoxy groups -OCH3 is 2. The van der Waals surface area contributed by atoms with E-state index >= 15 is 0 Å². The minimum Gasteiger partial charge on any atom is -0.493 e. The molecular weight excluding hydrogens is 404 g/mol. The molecule has 0 unspecified atom stereocenters. The van der Waals surface area contributed by atoms with E-state index in [-0.39, 0.29) is 0 Å². The Kier molecular flexibility index (Phi) is 5.49. The first-order chi connectivity index (χ1) is 15.8. The Bertz CT molecular complexity index is 1220. The molecular formula is C24H26N6O2. The summed E-state index contributed by atoms with van der Waals surface area (Å²) in [6.07, 6.45) is 1.63. The van der Waals surface area contributed by atoms with Gasteiger partial charge in [0.15, 0.2) is 17.1 Å². The highest BCUT2D eigenvalue weighted by Gasteiger charge is 2.24.